The first kappa shape index (κ1) is 21.0. The van der Waals surface area contributed by atoms with Crippen LogP contribution >= 0.6 is 0 Å². The van der Waals surface area contributed by atoms with Gasteiger partial charge in [-0.15, -0.1) is 0 Å². The highest BCUT2D eigenvalue weighted by Crippen LogP contribution is 2.15. The third kappa shape index (κ3) is 9.13. The largest absolute Gasteiger partial charge is 0.469 e. The van der Waals surface area contributed by atoms with Crippen LogP contribution in [0.2, 0.25) is 0 Å². The van der Waals surface area contributed by atoms with E-state index in [-0.39, 0.29) is 5.97 Å². The van der Waals surface area contributed by atoms with Gasteiger partial charge in [0.1, 0.15) is 0 Å². The number of unbranched alkanes of at least 4 members (excludes halogenated alkanes) is 2. The van der Waals surface area contributed by atoms with Crippen molar-refractivity contribution in [3.05, 3.63) is 35.4 Å². The van der Waals surface area contributed by atoms with Crippen LogP contribution in [0.1, 0.15) is 56.6 Å². The maximum absolute atomic E-state index is 11.1. The number of nitrogens with one attached hydrogen (secondary N) is 2. The molecule has 0 aliphatic rings. The van der Waals surface area contributed by atoms with Crippen LogP contribution in [-0.4, -0.2) is 38.7 Å². The SMILES string of the molecule is CCNC(=NCC(C)c1ccc(C)cc1)NCCCCCC(=O)OC. The second-order valence-electron chi connectivity index (χ2n) is 6.34. The molecule has 0 radical (unpaired) electrons. The summed E-state index contributed by atoms with van der Waals surface area (Å²) in [6.45, 7) is 8.81. The summed E-state index contributed by atoms with van der Waals surface area (Å²) in [4.78, 5) is 15.7. The number of carbonyl (C=O) groups is 1. The fraction of sp³-hybridized carbons (Fsp3) is 0.600. The van der Waals surface area contributed by atoms with Gasteiger partial charge in [-0.2, -0.15) is 0 Å². The topological polar surface area (TPSA) is 62.7 Å². The second-order valence-corrected chi connectivity index (χ2v) is 6.34. The van der Waals surface area contributed by atoms with Crippen LogP contribution in [0.25, 0.3) is 0 Å². The Morgan fingerprint density at radius 3 is 2.52 bits per heavy atom. The molecule has 5 heteroatoms. The van der Waals surface area contributed by atoms with Crippen molar-refractivity contribution >= 4 is 11.9 Å². The monoisotopic (exact) mass is 347 g/mol. The Kier molecular flexibility index (Phi) is 10.4. The third-order valence-corrected chi connectivity index (χ3v) is 4.09. The number of rotatable bonds is 10. The van der Waals surface area contributed by atoms with E-state index >= 15 is 0 Å². The molecule has 0 aliphatic heterocycles. The molecular weight excluding hydrogens is 314 g/mol. The molecule has 0 aliphatic carbocycles. The van der Waals surface area contributed by atoms with Crippen LogP contribution in [0, 0.1) is 6.92 Å². The molecule has 1 unspecified atom stereocenters. The zero-order valence-corrected chi connectivity index (χ0v) is 16.1. The molecule has 5 nitrogen and oxygen atoms in total. The first-order valence-corrected chi connectivity index (χ1v) is 9.22. The van der Waals surface area contributed by atoms with E-state index in [1.165, 1.54) is 18.2 Å². The molecule has 1 aromatic rings. The molecule has 25 heavy (non-hydrogen) atoms. The predicted molar refractivity (Wildman–Crippen MR) is 104 cm³/mol. The van der Waals surface area contributed by atoms with E-state index in [4.69, 9.17) is 4.99 Å². The van der Waals surface area contributed by atoms with Gasteiger partial charge in [0.15, 0.2) is 5.96 Å². The van der Waals surface area contributed by atoms with Crippen molar-refractivity contribution in [2.24, 2.45) is 4.99 Å². The lowest BCUT2D eigenvalue weighted by Gasteiger charge is -2.14. The van der Waals surface area contributed by atoms with Gasteiger partial charge < -0.3 is 15.4 Å². The van der Waals surface area contributed by atoms with Crippen LogP contribution in [0.5, 0.6) is 0 Å². The lowest BCUT2D eigenvalue weighted by atomic mass is 10.0. The van der Waals surface area contributed by atoms with Crippen LogP contribution in [-0.2, 0) is 9.53 Å². The molecule has 140 valence electrons. The van der Waals surface area contributed by atoms with Gasteiger partial charge in [0, 0.05) is 32.0 Å². The Morgan fingerprint density at radius 1 is 1.16 bits per heavy atom. The van der Waals surface area contributed by atoms with Crippen LogP contribution in [0.4, 0.5) is 0 Å². The van der Waals surface area contributed by atoms with Crippen LogP contribution < -0.4 is 10.6 Å². The molecular formula is C20H33N3O2. The average Bonchev–Trinajstić information content (AvgIpc) is 2.62. The number of esters is 1. The maximum Gasteiger partial charge on any atom is 0.305 e. The van der Waals surface area contributed by atoms with E-state index < -0.39 is 0 Å². The molecule has 0 spiro atoms. The molecule has 0 fully saturated rings. The van der Waals surface area contributed by atoms with Crippen molar-refractivity contribution in [2.75, 3.05) is 26.7 Å². The van der Waals surface area contributed by atoms with Gasteiger partial charge in [0.05, 0.1) is 7.11 Å². The Morgan fingerprint density at radius 2 is 1.88 bits per heavy atom. The van der Waals surface area contributed by atoms with E-state index in [2.05, 4.69) is 60.4 Å². The number of guanidine groups is 1. The summed E-state index contributed by atoms with van der Waals surface area (Å²) in [5.41, 5.74) is 2.59. The van der Waals surface area contributed by atoms with Gasteiger partial charge >= 0.3 is 5.97 Å². The minimum Gasteiger partial charge on any atom is -0.469 e. The number of hydrogen-bond acceptors (Lipinski definition) is 3. The Labute approximate surface area is 152 Å². The Balaban J connectivity index is 2.35. The lowest BCUT2D eigenvalue weighted by Crippen LogP contribution is -2.38. The summed E-state index contributed by atoms with van der Waals surface area (Å²) in [6.07, 6.45) is 3.38. The van der Waals surface area contributed by atoms with Crippen molar-refractivity contribution < 1.29 is 9.53 Å². The van der Waals surface area contributed by atoms with E-state index in [0.717, 1.165) is 44.9 Å². The highest BCUT2D eigenvalue weighted by atomic mass is 16.5. The minimum atomic E-state index is -0.132. The molecule has 2 N–H and O–H groups in total. The zero-order valence-electron chi connectivity index (χ0n) is 16.1. The molecule has 0 heterocycles. The summed E-state index contributed by atoms with van der Waals surface area (Å²) in [6, 6.07) is 8.65. The first-order chi connectivity index (χ1) is 12.1. The van der Waals surface area contributed by atoms with Crippen molar-refractivity contribution in [1.82, 2.24) is 10.6 Å². The summed E-state index contributed by atoms with van der Waals surface area (Å²) in [7, 11) is 1.43. The van der Waals surface area contributed by atoms with Crippen molar-refractivity contribution in [1.29, 1.82) is 0 Å². The van der Waals surface area contributed by atoms with Gasteiger partial charge in [-0.25, -0.2) is 0 Å². The summed E-state index contributed by atoms with van der Waals surface area (Å²) >= 11 is 0. The standard InChI is InChI=1S/C20H33N3O2/c1-5-21-20(22-14-8-6-7-9-19(24)25-4)23-15-17(3)18-12-10-16(2)11-13-18/h10-13,17H,5-9,14-15H2,1-4H3,(H2,21,22,23). The van der Waals surface area contributed by atoms with E-state index in [1.807, 2.05) is 0 Å². The number of aryl methyl sites for hydroxylation is 1. The van der Waals surface area contributed by atoms with E-state index in [1.54, 1.807) is 0 Å². The van der Waals surface area contributed by atoms with Gasteiger partial charge in [-0.1, -0.05) is 43.2 Å². The minimum absolute atomic E-state index is 0.132. The quantitative estimate of drug-likeness (QED) is 0.295. The molecule has 0 saturated heterocycles. The highest BCUT2D eigenvalue weighted by molar-refractivity contribution is 5.79. The number of hydrogen-bond donors (Lipinski definition) is 2. The number of nitrogens with zero attached hydrogens (tertiary/aromatic N) is 1. The number of methoxy groups -OCH3 is 1. The third-order valence-electron chi connectivity index (χ3n) is 4.09. The number of benzene rings is 1. The molecule has 1 aromatic carbocycles. The van der Waals surface area contributed by atoms with Crippen molar-refractivity contribution in [2.45, 2.75) is 52.4 Å². The van der Waals surface area contributed by atoms with E-state index in [0.29, 0.717) is 12.3 Å². The summed E-state index contributed by atoms with van der Waals surface area (Å²) < 4.78 is 4.64. The molecule has 0 saturated carbocycles. The normalized spacial score (nSPS) is 12.6. The lowest BCUT2D eigenvalue weighted by molar-refractivity contribution is -0.140. The summed E-state index contributed by atoms with van der Waals surface area (Å²) in [5, 5.41) is 6.64. The first-order valence-electron chi connectivity index (χ1n) is 9.22. The molecule has 0 amide bonds. The van der Waals surface area contributed by atoms with Crippen molar-refractivity contribution in [3.8, 4) is 0 Å². The maximum atomic E-state index is 11.1. The number of carbonyl (C=O) groups excluding carboxylic acids is 1. The van der Waals surface area contributed by atoms with Crippen LogP contribution in [0.3, 0.4) is 0 Å². The second kappa shape index (κ2) is 12.3. The van der Waals surface area contributed by atoms with Gasteiger partial charge in [-0.05, 0) is 32.3 Å². The number of ether oxygens (including phenoxy) is 1. The van der Waals surface area contributed by atoms with E-state index in [9.17, 15) is 4.79 Å². The van der Waals surface area contributed by atoms with Gasteiger partial charge in [0.25, 0.3) is 0 Å². The fourth-order valence-electron chi connectivity index (χ4n) is 2.45. The van der Waals surface area contributed by atoms with Gasteiger partial charge in [0.2, 0.25) is 0 Å². The molecule has 1 atom stereocenters. The number of aliphatic imine (C=N–C) groups is 1. The van der Waals surface area contributed by atoms with Crippen molar-refractivity contribution in [3.63, 3.8) is 0 Å². The summed E-state index contributed by atoms with van der Waals surface area (Å²) in [5.74, 6) is 1.11. The average molecular weight is 348 g/mol. The Bertz CT molecular complexity index is 526. The molecule has 0 aromatic heterocycles. The highest BCUT2D eigenvalue weighted by Gasteiger charge is 2.05. The predicted octanol–water partition coefficient (Wildman–Crippen LogP) is 3.39. The smallest absolute Gasteiger partial charge is 0.305 e. The van der Waals surface area contributed by atoms with Gasteiger partial charge in [-0.3, -0.25) is 9.79 Å². The zero-order chi connectivity index (χ0) is 18.5. The molecule has 0 bridgehead atoms. The van der Waals surface area contributed by atoms with Crippen LogP contribution in [0.15, 0.2) is 29.3 Å². The Hall–Kier alpha value is -2.04. The fourth-order valence-corrected chi connectivity index (χ4v) is 2.45. The molecule has 1 rings (SSSR count).